The lowest BCUT2D eigenvalue weighted by Crippen LogP contribution is -2.55. The van der Waals surface area contributed by atoms with E-state index in [1.807, 2.05) is 20.8 Å². The molecule has 1 unspecified atom stereocenters. The summed E-state index contributed by atoms with van der Waals surface area (Å²) in [5.74, 6) is -1.67. The first-order valence-electron chi connectivity index (χ1n) is 8.71. The van der Waals surface area contributed by atoms with Crippen LogP contribution in [0.5, 0.6) is 0 Å². The Bertz CT molecular complexity index is 580. The highest BCUT2D eigenvalue weighted by Crippen LogP contribution is 2.28. The van der Waals surface area contributed by atoms with Crippen molar-refractivity contribution in [2.45, 2.75) is 52.5 Å². The van der Waals surface area contributed by atoms with Gasteiger partial charge in [0.25, 0.3) is 0 Å². The molecule has 1 atom stereocenters. The van der Waals surface area contributed by atoms with Crippen LogP contribution >= 0.6 is 0 Å². The Morgan fingerprint density at radius 2 is 1.81 bits per heavy atom. The monoisotopic (exact) mass is 367 g/mol. The summed E-state index contributed by atoms with van der Waals surface area (Å²) in [5, 5.41) is 7.73. The van der Waals surface area contributed by atoms with Crippen LogP contribution in [0.2, 0.25) is 0 Å². The topological polar surface area (TPSA) is 114 Å². The van der Waals surface area contributed by atoms with Crippen LogP contribution < -0.4 is 16.0 Å². The van der Waals surface area contributed by atoms with Gasteiger partial charge in [0.2, 0.25) is 17.7 Å². The summed E-state index contributed by atoms with van der Waals surface area (Å²) >= 11 is 0. The maximum atomic E-state index is 12.6. The van der Waals surface area contributed by atoms with E-state index in [1.165, 1.54) is 6.08 Å². The summed E-state index contributed by atoms with van der Waals surface area (Å²) in [6.45, 7) is 7.59. The molecule has 0 aliphatic carbocycles. The maximum Gasteiger partial charge on any atom is 0.331 e. The summed E-state index contributed by atoms with van der Waals surface area (Å²) in [5.41, 5.74) is -1.38. The Kier molecular flexibility index (Phi) is 7.79. The second kappa shape index (κ2) is 9.35. The van der Waals surface area contributed by atoms with Crippen molar-refractivity contribution in [3.63, 3.8) is 0 Å². The van der Waals surface area contributed by atoms with Gasteiger partial charge in [0, 0.05) is 19.4 Å². The highest BCUT2D eigenvalue weighted by atomic mass is 16.5. The Morgan fingerprint density at radius 1 is 1.12 bits per heavy atom. The van der Waals surface area contributed by atoms with Crippen LogP contribution in [0.3, 0.4) is 0 Å². The maximum absolute atomic E-state index is 12.6. The highest BCUT2D eigenvalue weighted by molar-refractivity contribution is 5.91. The fourth-order valence-corrected chi connectivity index (χ4v) is 2.77. The van der Waals surface area contributed by atoms with Crippen LogP contribution in [-0.2, 0) is 23.9 Å². The molecule has 0 fully saturated rings. The van der Waals surface area contributed by atoms with Crippen LogP contribution in [0.1, 0.15) is 47.0 Å². The largest absolute Gasteiger partial charge is 0.464 e. The van der Waals surface area contributed by atoms with Gasteiger partial charge in [-0.15, -0.1) is 0 Å². The zero-order valence-corrected chi connectivity index (χ0v) is 15.9. The van der Waals surface area contributed by atoms with Crippen LogP contribution in [0.4, 0.5) is 0 Å². The van der Waals surface area contributed by atoms with Gasteiger partial charge < -0.3 is 20.7 Å². The Balaban J connectivity index is 2.90. The predicted octanol–water partition coefficient (Wildman–Crippen LogP) is 0.423. The number of hydrogen-bond acceptors (Lipinski definition) is 5. The summed E-state index contributed by atoms with van der Waals surface area (Å²) in [6.07, 6.45) is 3.63. The molecule has 0 aromatic rings. The lowest BCUT2D eigenvalue weighted by Gasteiger charge is -2.34. The average Bonchev–Trinajstić information content (AvgIpc) is 2.49. The van der Waals surface area contributed by atoms with E-state index in [4.69, 9.17) is 4.74 Å². The number of nitrogens with one attached hydrogen (secondary N) is 3. The van der Waals surface area contributed by atoms with Crippen LogP contribution in [0, 0.1) is 5.41 Å². The van der Waals surface area contributed by atoms with Crippen molar-refractivity contribution in [1.82, 2.24) is 16.0 Å². The van der Waals surface area contributed by atoms with Gasteiger partial charge in [-0.1, -0.05) is 26.8 Å². The number of carbonyl (C=O) groups is 4. The third-order valence-electron chi connectivity index (χ3n) is 3.63. The molecule has 1 aliphatic rings. The lowest BCUT2D eigenvalue weighted by molar-refractivity contribution is -0.154. The van der Waals surface area contributed by atoms with E-state index in [0.717, 1.165) is 0 Å². The van der Waals surface area contributed by atoms with Crippen LogP contribution in [-0.4, -0.2) is 48.9 Å². The first kappa shape index (κ1) is 21.7. The molecular weight excluding hydrogens is 338 g/mol. The molecule has 0 aromatic heterocycles. The van der Waals surface area contributed by atoms with Crippen molar-refractivity contribution in [2.75, 3.05) is 19.7 Å². The zero-order chi connectivity index (χ0) is 19.8. The average molecular weight is 367 g/mol. The smallest absolute Gasteiger partial charge is 0.331 e. The van der Waals surface area contributed by atoms with E-state index in [1.54, 1.807) is 13.0 Å². The van der Waals surface area contributed by atoms with E-state index in [0.29, 0.717) is 12.8 Å². The number of hydrogen-bond donors (Lipinski definition) is 3. The van der Waals surface area contributed by atoms with Crippen molar-refractivity contribution in [3.8, 4) is 0 Å². The van der Waals surface area contributed by atoms with Gasteiger partial charge in [0.05, 0.1) is 13.2 Å². The Labute approximate surface area is 154 Å². The molecule has 8 heteroatoms. The molecule has 1 aliphatic heterocycles. The molecule has 3 amide bonds. The summed E-state index contributed by atoms with van der Waals surface area (Å²) in [7, 11) is 0. The molecule has 8 nitrogen and oxygen atoms in total. The molecule has 0 radical (unpaired) electrons. The van der Waals surface area contributed by atoms with Gasteiger partial charge in [-0.05, 0) is 24.8 Å². The van der Waals surface area contributed by atoms with E-state index in [2.05, 4.69) is 16.0 Å². The van der Waals surface area contributed by atoms with Crippen molar-refractivity contribution in [1.29, 1.82) is 0 Å². The number of esters is 1. The molecule has 0 bridgehead atoms. The van der Waals surface area contributed by atoms with Gasteiger partial charge in [-0.25, -0.2) is 4.79 Å². The highest BCUT2D eigenvalue weighted by Gasteiger charge is 2.39. The summed E-state index contributed by atoms with van der Waals surface area (Å²) < 4.78 is 5.30. The summed E-state index contributed by atoms with van der Waals surface area (Å²) in [6, 6.07) is 0. The lowest BCUT2D eigenvalue weighted by atomic mass is 9.80. The third-order valence-corrected chi connectivity index (χ3v) is 3.63. The second-order valence-corrected chi connectivity index (χ2v) is 7.76. The molecule has 1 heterocycles. The van der Waals surface area contributed by atoms with E-state index in [-0.39, 0.29) is 43.3 Å². The molecule has 1 rings (SSSR count). The first-order chi connectivity index (χ1) is 12.0. The summed E-state index contributed by atoms with van der Waals surface area (Å²) in [4.78, 5) is 48.0. The number of amides is 3. The Morgan fingerprint density at radius 3 is 2.46 bits per heavy atom. The molecular formula is C18H29N3O5. The second-order valence-electron chi connectivity index (χ2n) is 7.76. The fourth-order valence-electron chi connectivity index (χ4n) is 2.77. The molecule has 0 saturated carbocycles. The standard InChI is InChI=1S/C18H29N3O5/c1-17(2,3)12-18(4)16(25)26-10-6-5-7-13(22)20-11-15(24)19-9-8-14(23)21-18/h5,7H,6,8-12H2,1-4H3,(H,19,24)(H,20,22)(H,21,23)/b7-5-. The van der Waals surface area contributed by atoms with E-state index >= 15 is 0 Å². The fraction of sp³-hybridized carbons (Fsp3) is 0.667. The minimum Gasteiger partial charge on any atom is -0.464 e. The van der Waals surface area contributed by atoms with Crippen LogP contribution in [0.15, 0.2) is 12.2 Å². The van der Waals surface area contributed by atoms with Gasteiger partial charge in [0.15, 0.2) is 0 Å². The van der Waals surface area contributed by atoms with E-state index < -0.39 is 17.4 Å². The third kappa shape index (κ3) is 8.13. The molecule has 146 valence electrons. The number of ether oxygens (including phenoxy) is 1. The molecule has 3 N–H and O–H groups in total. The molecule has 0 saturated heterocycles. The Hall–Kier alpha value is -2.38. The van der Waals surface area contributed by atoms with Crippen molar-refractivity contribution >= 4 is 23.7 Å². The molecule has 0 spiro atoms. The normalized spacial score (nSPS) is 25.5. The van der Waals surface area contributed by atoms with Crippen LogP contribution in [0.25, 0.3) is 0 Å². The van der Waals surface area contributed by atoms with Gasteiger partial charge in [-0.3, -0.25) is 14.4 Å². The van der Waals surface area contributed by atoms with Gasteiger partial charge in [-0.2, -0.15) is 0 Å². The quantitative estimate of drug-likeness (QED) is 0.582. The van der Waals surface area contributed by atoms with Gasteiger partial charge >= 0.3 is 5.97 Å². The first-order valence-corrected chi connectivity index (χ1v) is 8.71. The molecule has 0 aromatic carbocycles. The van der Waals surface area contributed by atoms with Crippen molar-refractivity contribution < 1.29 is 23.9 Å². The van der Waals surface area contributed by atoms with Crippen molar-refractivity contribution in [3.05, 3.63) is 12.2 Å². The zero-order valence-electron chi connectivity index (χ0n) is 15.9. The van der Waals surface area contributed by atoms with Crippen molar-refractivity contribution in [2.24, 2.45) is 5.41 Å². The minimum atomic E-state index is -1.17. The number of cyclic esters (lactones) is 1. The van der Waals surface area contributed by atoms with Gasteiger partial charge in [0.1, 0.15) is 5.54 Å². The van der Waals surface area contributed by atoms with E-state index in [9.17, 15) is 19.2 Å². The SMILES string of the molecule is CC(C)(C)CC1(C)NC(=O)CCNC(=O)CNC(=O)/C=C\CCOC1=O. The predicted molar refractivity (Wildman–Crippen MR) is 96.0 cm³/mol. The molecule has 26 heavy (non-hydrogen) atoms. The number of rotatable bonds is 1. The number of carbonyl (C=O) groups excluding carboxylic acids is 4. The minimum absolute atomic E-state index is 0.0204.